The van der Waals surface area contributed by atoms with Gasteiger partial charge < -0.3 is 0 Å². The Morgan fingerprint density at radius 3 is 1.77 bits per heavy atom. The number of rotatable bonds is 16. The summed E-state index contributed by atoms with van der Waals surface area (Å²) in [6.07, 6.45) is 20.6. The number of sulfone groups is 1. The minimum atomic E-state index is -3.08. The maximum Gasteiger partial charge on any atom is 0.178 e. The van der Waals surface area contributed by atoms with Crippen LogP contribution in [0.5, 0.6) is 0 Å². The molecule has 0 saturated carbocycles. The molecule has 1 aromatic carbocycles. The van der Waals surface area contributed by atoms with Gasteiger partial charge in [0.25, 0.3) is 0 Å². The molecule has 0 saturated heterocycles. The number of hydrogen-bond acceptors (Lipinski definition) is 2. The van der Waals surface area contributed by atoms with E-state index in [4.69, 9.17) is 0 Å². The highest BCUT2D eigenvalue weighted by Crippen LogP contribution is 2.14. The van der Waals surface area contributed by atoms with E-state index in [1.807, 2.05) is 6.07 Å². The van der Waals surface area contributed by atoms with Gasteiger partial charge in [-0.05, 0) is 44.2 Å². The van der Waals surface area contributed by atoms with Gasteiger partial charge in [0, 0.05) is 0 Å². The Labute approximate surface area is 162 Å². The summed E-state index contributed by atoms with van der Waals surface area (Å²) < 4.78 is 24.3. The molecule has 0 aromatic heterocycles. The predicted octanol–water partition coefficient (Wildman–Crippen LogP) is 7.11. The van der Waals surface area contributed by atoms with Crippen LogP contribution in [0.4, 0.5) is 0 Å². The highest BCUT2D eigenvalue weighted by molar-refractivity contribution is 7.91. The summed E-state index contributed by atoms with van der Waals surface area (Å²) in [5, 5.41) is 0. The standard InChI is InChI=1S/C23H38O2S/c1-2-3-4-5-6-7-8-9-10-11-12-13-14-15-19-22-26(24,25)23-20-17-16-18-21-23/h6-7,16-18,20-21H,2-5,8-15,19,22H2,1H3/b7-6-. The SMILES string of the molecule is CCCCC/C=C\CCCCCCCCCCS(=O)(=O)c1ccccc1. The number of unbranched alkanes of at least 4 members (excludes halogenated alkanes) is 11. The summed E-state index contributed by atoms with van der Waals surface area (Å²) in [7, 11) is -3.08. The molecule has 0 N–H and O–H groups in total. The second-order valence-electron chi connectivity index (χ2n) is 7.22. The maximum absolute atomic E-state index is 12.2. The first-order valence-corrected chi connectivity index (χ1v) is 12.2. The highest BCUT2D eigenvalue weighted by Gasteiger charge is 2.12. The van der Waals surface area contributed by atoms with Crippen LogP contribution in [0.1, 0.15) is 90.4 Å². The van der Waals surface area contributed by atoms with E-state index in [2.05, 4.69) is 19.1 Å². The molecule has 0 unspecified atom stereocenters. The Balaban J connectivity index is 1.91. The molecular formula is C23H38O2S. The van der Waals surface area contributed by atoms with Crippen molar-refractivity contribution < 1.29 is 8.42 Å². The van der Waals surface area contributed by atoms with Gasteiger partial charge >= 0.3 is 0 Å². The lowest BCUT2D eigenvalue weighted by molar-refractivity contribution is 0.568. The fourth-order valence-electron chi connectivity index (χ4n) is 3.11. The van der Waals surface area contributed by atoms with Crippen LogP contribution in [0, 0.1) is 0 Å². The van der Waals surface area contributed by atoms with Gasteiger partial charge in [0.1, 0.15) is 0 Å². The number of allylic oxidation sites excluding steroid dienone is 2. The van der Waals surface area contributed by atoms with Crippen LogP contribution in [0.3, 0.4) is 0 Å². The zero-order valence-electron chi connectivity index (χ0n) is 16.7. The van der Waals surface area contributed by atoms with Crippen LogP contribution in [0.25, 0.3) is 0 Å². The number of benzene rings is 1. The van der Waals surface area contributed by atoms with Gasteiger partial charge in [-0.2, -0.15) is 0 Å². The van der Waals surface area contributed by atoms with Crippen molar-refractivity contribution in [2.24, 2.45) is 0 Å². The number of hydrogen-bond donors (Lipinski definition) is 0. The Morgan fingerprint density at radius 1 is 0.692 bits per heavy atom. The van der Waals surface area contributed by atoms with E-state index >= 15 is 0 Å². The minimum absolute atomic E-state index is 0.279. The largest absolute Gasteiger partial charge is 0.224 e. The van der Waals surface area contributed by atoms with Gasteiger partial charge in [-0.15, -0.1) is 0 Å². The molecule has 0 aliphatic carbocycles. The lowest BCUT2D eigenvalue weighted by Crippen LogP contribution is -2.06. The van der Waals surface area contributed by atoms with Gasteiger partial charge in [0.05, 0.1) is 10.6 Å². The van der Waals surface area contributed by atoms with E-state index in [1.165, 1.54) is 64.2 Å². The lowest BCUT2D eigenvalue weighted by atomic mass is 10.1. The molecule has 0 bridgehead atoms. The summed E-state index contributed by atoms with van der Waals surface area (Å²) >= 11 is 0. The van der Waals surface area contributed by atoms with Crippen LogP contribution >= 0.6 is 0 Å². The molecule has 0 heterocycles. The van der Waals surface area contributed by atoms with Crippen molar-refractivity contribution in [2.75, 3.05) is 5.75 Å². The molecule has 0 atom stereocenters. The molecule has 148 valence electrons. The topological polar surface area (TPSA) is 34.1 Å². The summed E-state index contributed by atoms with van der Waals surface area (Å²) in [6, 6.07) is 8.80. The lowest BCUT2D eigenvalue weighted by Gasteiger charge is -2.04. The first-order chi connectivity index (χ1) is 12.7. The second kappa shape index (κ2) is 15.0. The Morgan fingerprint density at radius 2 is 1.19 bits per heavy atom. The maximum atomic E-state index is 12.2. The monoisotopic (exact) mass is 378 g/mol. The Kier molecular flexibility index (Phi) is 13.3. The van der Waals surface area contributed by atoms with E-state index in [0.29, 0.717) is 4.90 Å². The molecule has 0 fully saturated rings. The first kappa shape index (κ1) is 23.0. The zero-order valence-corrected chi connectivity index (χ0v) is 17.5. The fourth-order valence-corrected chi connectivity index (χ4v) is 4.50. The minimum Gasteiger partial charge on any atom is -0.224 e. The molecule has 3 heteroatoms. The molecule has 0 amide bonds. The Bertz CT molecular complexity index is 561. The summed E-state index contributed by atoms with van der Waals surface area (Å²) in [5.41, 5.74) is 0. The highest BCUT2D eigenvalue weighted by atomic mass is 32.2. The van der Waals surface area contributed by atoms with Gasteiger partial charge in [0.15, 0.2) is 9.84 Å². The molecule has 0 radical (unpaired) electrons. The quantitative estimate of drug-likeness (QED) is 0.227. The molecule has 1 rings (SSSR count). The van der Waals surface area contributed by atoms with Crippen molar-refractivity contribution in [1.29, 1.82) is 0 Å². The van der Waals surface area contributed by atoms with Crippen molar-refractivity contribution in [1.82, 2.24) is 0 Å². The van der Waals surface area contributed by atoms with Crippen molar-refractivity contribution in [3.63, 3.8) is 0 Å². The molecule has 2 nitrogen and oxygen atoms in total. The summed E-state index contributed by atoms with van der Waals surface area (Å²) in [6.45, 7) is 2.25. The van der Waals surface area contributed by atoms with Crippen LogP contribution in [0.15, 0.2) is 47.4 Å². The second-order valence-corrected chi connectivity index (χ2v) is 9.33. The van der Waals surface area contributed by atoms with E-state index in [1.54, 1.807) is 24.3 Å². The normalized spacial score (nSPS) is 12.0. The zero-order chi connectivity index (χ0) is 18.9. The molecule has 0 aliphatic heterocycles. The third kappa shape index (κ3) is 11.5. The third-order valence-corrected chi connectivity index (χ3v) is 6.59. The van der Waals surface area contributed by atoms with Crippen molar-refractivity contribution in [3.8, 4) is 0 Å². The van der Waals surface area contributed by atoms with Crippen LogP contribution in [-0.2, 0) is 9.84 Å². The van der Waals surface area contributed by atoms with Gasteiger partial charge in [-0.3, -0.25) is 0 Å². The average molecular weight is 379 g/mol. The van der Waals surface area contributed by atoms with E-state index in [0.717, 1.165) is 19.3 Å². The van der Waals surface area contributed by atoms with Gasteiger partial charge in [0.2, 0.25) is 0 Å². The van der Waals surface area contributed by atoms with Crippen molar-refractivity contribution in [2.45, 2.75) is 95.3 Å². The molecule has 0 spiro atoms. The van der Waals surface area contributed by atoms with Gasteiger partial charge in [-0.25, -0.2) is 8.42 Å². The average Bonchev–Trinajstić information content (AvgIpc) is 2.65. The Hall–Kier alpha value is -1.09. The van der Waals surface area contributed by atoms with Gasteiger partial charge in [-0.1, -0.05) is 88.6 Å². The smallest absolute Gasteiger partial charge is 0.178 e. The van der Waals surface area contributed by atoms with E-state index < -0.39 is 9.84 Å². The molecule has 1 aromatic rings. The van der Waals surface area contributed by atoms with Crippen LogP contribution < -0.4 is 0 Å². The molecule has 26 heavy (non-hydrogen) atoms. The van der Waals surface area contributed by atoms with E-state index in [9.17, 15) is 8.42 Å². The van der Waals surface area contributed by atoms with E-state index in [-0.39, 0.29) is 5.75 Å². The van der Waals surface area contributed by atoms with Crippen molar-refractivity contribution >= 4 is 9.84 Å². The van der Waals surface area contributed by atoms with Crippen LogP contribution in [0.2, 0.25) is 0 Å². The predicted molar refractivity (Wildman–Crippen MR) is 113 cm³/mol. The molecule has 0 aliphatic rings. The van der Waals surface area contributed by atoms with Crippen LogP contribution in [-0.4, -0.2) is 14.2 Å². The molecular weight excluding hydrogens is 340 g/mol. The van der Waals surface area contributed by atoms with Crippen molar-refractivity contribution in [3.05, 3.63) is 42.5 Å². The summed E-state index contributed by atoms with van der Waals surface area (Å²) in [4.78, 5) is 0.458. The summed E-state index contributed by atoms with van der Waals surface area (Å²) in [5.74, 6) is 0.279. The first-order valence-electron chi connectivity index (χ1n) is 10.6. The third-order valence-electron chi connectivity index (χ3n) is 4.78. The fraction of sp³-hybridized carbons (Fsp3) is 0.652.